The second-order valence-electron chi connectivity index (χ2n) is 7.47. The zero-order valence-corrected chi connectivity index (χ0v) is 17.0. The maximum absolute atomic E-state index is 13.0. The van der Waals surface area contributed by atoms with Gasteiger partial charge in [-0.25, -0.2) is 13.4 Å². The van der Waals surface area contributed by atoms with Gasteiger partial charge in [-0.05, 0) is 37.8 Å². The SMILES string of the molecule is CS(=O)(=O)N1CCc2c(nc([C@@H]3CCCCN3C(=O)c3cccnc3)[nH]c2=O)C1. The number of piperidine rings is 1. The molecule has 1 fully saturated rings. The highest BCUT2D eigenvalue weighted by Gasteiger charge is 2.33. The molecule has 0 bridgehead atoms. The predicted molar refractivity (Wildman–Crippen MR) is 106 cm³/mol. The molecule has 1 saturated heterocycles. The van der Waals surface area contributed by atoms with Gasteiger partial charge in [-0.1, -0.05) is 0 Å². The number of H-pyrrole nitrogens is 1. The Hall–Kier alpha value is -2.59. The van der Waals surface area contributed by atoms with Gasteiger partial charge in [-0.3, -0.25) is 14.6 Å². The third-order valence-corrected chi connectivity index (χ3v) is 6.76. The van der Waals surface area contributed by atoms with Gasteiger partial charge in [0, 0.05) is 31.0 Å². The number of aromatic nitrogens is 3. The highest BCUT2D eigenvalue weighted by molar-refractivity contribution is 7.88. The van der Waals surface area contributed by atoms with Crippen molar-refractivity contribution in [2.75, 3.05) is 19.3 Å². The van der Waals surface area contributed by atoms with E-state index >= 15 is 0 Å². The van der Waals surface area contributed by atoms with Crippen LogP contribution in [0.25, 0.3) is 0 Å². The van der Waals surface area contributed by atoms with Crippen LogP contribution in [-0.2, 0) is 23.0 Å². The number of carbonyl (C=O) groups is 1. The number of sulfonamides is 1. The summed E-state index contributed by atoms with van der Waals surface area (Å²) >= 11 is 0. The molecule has 154 valence electrons. The van der Waals surface area contributed by atoms with Gasteiger partial charge in [-0.2, -0.15) is 4.31 Å². The maximum Gasteiger partial charge on any atom is 0.256 e. The van der Waals surface area contributed by atoms with Crippen LogP contribution in [0.3, 0.4) is 0 Å². The molecule has 0 aliphatic carbocycles. The molecule has 10 heteroatoms. The Labute approximate surface area is 168 Å². The molecule has 0 aromatic carbocycles. The van der Waals surface area contributed by atoms with Crippen molar-refractivity contribution in [1.29, 1.82) is 0 Å². The van der Waals surface area contributed by atoms with E-state index in [2.05, 4.69) is 15.0 Å². The maximum atomic E-state index is 13.0. The molecule has 1 N–H and O–H groups in total. The fourth-order valence-electron chi connectivity index (χ4n) is 3.99. The van der Waals surface area contributed by atoms with Gasteiger partial charge in [0.15, 0.2) is 0 Å². The topological polar surface area (TPSA) is 116 Å². The van der Waals surface area contributed by atoms with Crippen molar-refractivity contribution in [3.8, 4) is 0 Å². The lowest BCUT2D eigenvalue weighted by atomic mass is 9.99. The molecule has 0 unspecified atom stereocenters. The van der Waals surface area contributed by atoms with E-state index < -0.39 is 10.0 Å². The second-order valence-corrected chi connectivity index (χ2v) is 9.46. The Morgan fingerprint density at radius 3 is 2.83 bits per heavy atom. The largest absolute Gasteiger partial charge is 0.328 e. The first-order chi connectivity index (χ1) is 13.8. The standard InChI is InChI=1S/C19H23N5O4S/c1-29(27,28)23-10-7-14-15(12-23)21-17(22-18(14)25)16-6-2-3-9-24(16)19(26)13-5-4-8-20-11-13/h4-5,8,11,16H,2-3,6-7,9-10,12H2,1H3,(H,21,22,25)/t16-/m0/s1. The number of hydrogen-bond donors (Lipinski definition) is 1. The van der Waals surface area contributed by atoms with E-state index in [0.29, 0.717) is 42.0 Å². The molecular formula is C19H23N5O4S. The van der Waals surface area contributed by atoms with Crippen molar-refractivity contribution in [2.24, 2.45) is 0 Å². The van der Waals surface area contributed by atoms with Crippen molar-refractivity contribution < 1.29 is 13.2 Å². The zero-order chi connectivity index (χ0) is 20.6. The number of aromatic amines is 1. The molecular weight excluding hydrogens is 394 g/mol. The second kappa shape index (κ2) is 7.68. The zero-order valence-electron chi connectivity index (χ0n) is 16.2. The number of pyridine rings is 1. The highest BCUT2D eigenvalue weighted by Crippen LogP contribution is 2.30. The Balaban J connectivity index is 1.69. The van der Waals surface area contributed by atoms with Crippen LogP contribution in [0, 0.1) is 0 Å². The van der Waals surface area contributed by atoms with Crippen LogP contribution in [0.1, 0.15) is 52.7 Å². The number of fused-ring (bicyclic) bond motifs is 1. The molecule has 2 aromatic heterocycles. The van der Waals surface area contributed by atoms with E-state index in [1.54, 1.807) is 23.2 Å². The average Bonchev–Trinajstić information content (AvgIpc) is 2.73. The van der Waals surface area contributed by atoms with E-state index in [0.717, 1.165) is 19.1 Å². The lowest BCUT2D eigenvalue weighted by Gasteiger charge is -2.35. The number of likely N-dealkylation sites (tertiary alicyclic amines) is 1. The van der Waals surface area contributed by atoms with Gasteiger partial charge in [0.1, 0.15) is 5.82 Å². The first-order valence-corrected chi connectivity index (χ1v) is 11.5. The van der Waals surface area contributed by atoms with Crippen molar-refractivity contribution >= 4 is 15.9 Å². The van der Waals surface area contributed by atoms with Gasteiger partial charge in [0.25, 0.3) is 11.5 Å². The fourth-order valence-corrected chi connectivity index (χ4v) is 4.77. The summed E-state index contributed by atoms with van der Waals surface area (Å²) < 4.78 is 25.2. The number of carbonyl (C=O) groups excluding carboxylic acids is 1. The van der Waals surface area contributed by atoms with Crippen LogP contribution in [0.5, 0.6) is 0 Å². The quantitative estimate of drug-likeness (QED) is 0.791. The Kier molecular flexibility index (Phi) is 5.22. The summed E-state index contributed by atoms with van der Waals surface area (Å²) in [5, 5.41) is 0. The number of amides is 1. The van der Waals surface area contributed by atoms with Gasteiger partial charge in [0.05, 0.1) is 30.1 Å². The van der Waals surface area contributed by atoms with Crippen LogP contribution in [0.2, 0.25) is 0 Å². The monoisotopic (exact) mass is 417 g/mol. The first-order valence-electron chi connectivity index (χ1n) is 9.62. The van der Waals surface area contributed by atoms with Crippen LogP contribution in [0.4, 0.5) is 0 Å². The lowest BCUT2D eigenvalue weighted by Crippen LogP contribution is -2.42. The van der Waals surface area contributed by atoms with E-state index in [9.17, 15) is 18.0 Å². The smallest absolute Gasteiger partial charge is 0.256 e. The van der Waals surface area contributed by atoms with Gasteiger partial charge >= 0.3 is 0 Å². The summed E-state index contributed by atoms with van der Waals surface area (Å²) in [7, 11) is -3.37. The van der Waals surface area contributed by atoms with Crippen molar-refractivity contribution in [3.05, 3.63) is 57.5 Å². The van der Waals surface area contributed by atoms with Crippen LogP contribution < -0.4 is 5.56 Å². The molecule has 0 spiro atoms. The molecule has 9 nitrogen and oxygen atoms in total. The van der Waals surface area contributed by atoms with Gasteiger partial charge in [-0.15, -0.1) is 0 Å². The summed E-state index contributed by atoms with van der Waals surface area (Å²) in [6, 6.07) is 3.07. The van der Waals surface area contributed by atoms with E-state index in [1.807, 2.05) is 0 Å². The van der Waals surface area contributed by atoms with Crippen molar-refractivity contribution in [1.82, 2.24) is 24.2 Å². The molecule has 0 radical (unpaired) electrons. The highest BCUT2D eigenvalue weighted by atomic mass is 32.2. The molecule has 1 amide bonds. The van der Waals surface area contributed by atoms with E-state index in [-0.39, 0.29) is 30.6 Å². The van der Waals surface area contributed by atoms with Crippen molar-refractivity contribution in [2.45, 2.75) is 38.3 Å². The number of rotatable bonds is 3. The van der Waals surface area contributed by atoms with Gasteiger partial charge < -0.3 is 9.88 Å². The third kappa shape index (κ3) is 3.95. The molecule has 2 aliphatic rings. The summed E-state index contributed by atoms with van der Waals surface area (Å²) in [5.74, 6) is 0.266. The minimum absolute atomic E-state index is 0.0777. The van der Waals surface area contributed by atoms with Crippen molar-refractivity contribution in [3.63, 3.8) is 0 Å². The summed E-state index contributed by atoms with van der Waals surface area (Å²) in [6.07, 6.45) is 7.10. The van der Waals surface area contributed by atoms with Crippen LogP contribution in [0.15, 0.2) is 29.3 Å². The first kappa shape index (κ1) is 19.7. The number of nitrogens with zero attached hydrogens (tertiary/aromatic N) is 4. The molecule has 4 rings (SSSR count). The van der Waals surface area contributed by atoms with Crippen LogP contribution >= 0.6 is 0 Å². The van der Waals surface area contributed by atoms with Gasteiger partial charge in [0.2, 0.25) is 10.0 Å². The summed E-state index contributed by atoms with van der Waals surface area (Å²) in [6.45, 7) is 0.911. The normalized spacial score (nSPS) is 20.3. The minimum atomic E-state index is -3.37. The fraction of sp³-hybridized carbons (Fsp3) is 0.474. The average molecular weight is 417 g/mol. The number of nitrogens with one attached hydrogen (secondary N) is 1. The molecule has 2 aromatic rings. The molecule has 1 atom stereocenters. The number of hydrogen-bond acceptors (Lipinski definition) is 6. The molecule has 2 aliphatic heterocycles. The molecule has 4 heterocycles. The minimum Gasteiger partial charge on any atom is -0.328 e. The van der Waals surface area contributed by atoms with Crippen LogP contribution in [-0.4, -0.2) is 57.8 Å². The summed E-state index contributed by atoms with van der Waals surface area (Å²) in [4.78, 5) is 38.9. The predicted octanol–water partition coefficient (Wildman–Crippen LogP) is 0.850. The molecule has 29 heavy (non-hydrogen) atoms. The third-order valence-electron chi connectivity index (χ3n) is 5.51. The Morgan fingerprint density at radius 1 is 1.28 bits per heavy atom. The van der Waals surface area contributed by atoms with E-state index in [1.165, 1.54) is 10.5 Å². The van der Waals surface area contributed by atoms with E-state index in [4.69, 9.17) is 0 Å². The molecule has 0 saturated carbocycles. The lowest BCUT2D eigenvalue weighted by molar-refractivity contribution is 0.0598. The Morgan fingerprint density at radius 2 is 2.10 bits per heavy atom. The summed E-state index contributed by atoms with van der Waals surface area (Å²) in [5.41, 5.74) is 1.23. The Bertz CT molecular complexity index is 1080.